The lowest BCUT2D eigenvalue weighted by molar-refractivity contribution is 0.218. The Morgan fingerprint density at radius 2 is 2.31 bits per heavy atom. The van der Waals surface area contributed by atoms with Crippen molar-refractivity contribution >= 4 is 17.3 Å². The van der Waals surface area contributed by atoms with Crippen molar-refractivity contribution in [3.05, 3.63) is 41.4 Å². The average molecular weight is 238 g/mol. The summed E-state index contributed by atoms with van der Waals surface area (Å²) in [5.74, 6) is 1.35. The van der Waals surface area contributed by atoms with Crippen LogP contribution in [0.4, 0.5) is 5.69 Å². The summed E-state index contributed by atoms with van der Waals surface area (Å²) in [6.07, 6.45) is 3.25. The van der Waals surface area contributed by atoms with Gasteiger partial charge in [0.25, 0.3) is 0 Å². The van der Waals surface area contributed by atoms with Crippen molar-refractivity contribution in [3.63, 3.8) is 0 Å². The Bertz CT molecular complexity index is 470. The van der Waals surface area contributed by atoms with E-state index >= 15 is 0 Å². The molecule has 0 bridgehead atoms. The summed E-state index contributed by atoms with van der Waals surface area (Å²) in [5.41, 5.74) is 6.21. The molecule has 2 rings (SSSR count). The molecule has 0 fully saturated rings. The molecule has 1 unspecified atom stereocenters. The topological polar surface area (TPSA) is 63.9 Å². The third-order valence-electron chi connectivity index (χ3n) is 2.16. The quantitative estimate of drug-likeness (QED) is 0.807. The molecule has 1 heterocycles. The molecule has 0 saturated carbocycles. The number of benzene rings is 1. The number of halogens is 1. The zero-order valence-corrected chi connectivity index (χ0v) is 9.53. The molecular formula is C11H12ClN3O. The smallest absolute Gasteiger partial charge is 0.153 e. The highest BCUT2D eigenvalue weighted by atomic mass is 35.5. The van der Waals surface area contributed by atoms with Gasteiger partial charge in [0.2, 0.25) is 0 Å². The first-order valence-electron chi connectivity index (χ1n) is 4.88. The van der Waals surface area contributed by atoms with Crippen molar-refractivity contribution in [2.45, 2.75) is 13.0 Å². The number of ether oxygens (including phenoxy) is 1. The lowest BCUT2D eigenvalue weighted by Gasteiger charge is -2.13. The molecule has 0 aliphatic rings. The second-order valence-corrected chi connectivity index (χ2v) is 3.83. The Morgan fingerprint density at radius 1 is 1.50 bits per heavy atom. The van der Waals surface area contributed by atoms with E-state index in [-0.39, 0.29) is 6.10 Å². The van der Waals surface area contributed by atoms with Crippen LogP contribution in [0.25, 0.3) is 0 Å². The zero-order chi connectivity index (χ0) is 11.5. The second-order valence-electron chi connectivity index (χ2n) is 3.42. The largest absolute Gasteiger partial charge is 0.481 e. The third-order valence-corrected chi connectivity index (χ3v) is 2.46. The number of anilines is 1. The van der Waals surface area contributed by atoms with Gasteiger partial charge < -0.3 is 15.5 Å². The Kier molecular flexibility index (Phi) is 3.01. The van der Waals surface area contributed by atoms with Crippen molar-refractivity contribution in [3.8, 4) is 5.75 Å². The predicted molar refractivity (Wildman–Crippen MR) is 63.5 cm³/mol. The number of nitrogens with zero attached hydrogens (tertiary/aromatic N) is 1. The van der Waals surface area contributed by atoms with Crippen LogP contribution in [0.1, 0.15) is 18.9 Å². The van der Waals surface area contributed by atoms with Crippen LogP contribution >= 0.6 is 11.6 Å². The molecule has 0 aliphatic heterocycles. The van der Waals surface area contributed by atoms with Crippen molar-refractivity contribution in [1.29, 1.82) is 0 Å². The van der Waals surface area contributed by atoms with E-state index in [1.54, 1.807) is 30.6 Å². The lowest BCUT2D eigenvalue weighted by atomic mass is 10.3. The number of aromatic amines is 1. The van der Waals surface area contributed by atoms with Gasteiger partial charge in [-0.05, 0) is 25.1 Å². The highest BCUT2D eigenvalue weighted by Crippen LogP contribution is 2.29. The predicted octanol–water partition coefficient (Wildman–Crippen LogP) is 2.79. The molecule has 16 heavy (non-hydrogen) atoms. The van der Waals surface area contributed by atoms with Gasteiger partial charge in [-0.2, -0.15) is 0 Å². The maximum atomic E-state index is 6.00. The maximum absolute atomic E-state index is 6.00. The van der Waals surface area contributed by atoms with E-state index < -0.39 is 0 Å². The number of nitrogens with one attached hydrogen (secondary N) is 1. The van der Waals surface area contributed by atoms with E-state index in [0.29, 0.717) is 16.5 Å². The van der Waals surface area contributed by atoms with Crippen LogP contribution in [0.2, 0.25) is 5.02 Å². The highest BCUT2D eigenvalue weighted by molar-refractivity contribution is 6.32. The molecule has 0 amide bonds. The summed E-state index contributed by atoms with van der Waals surface area (Å²) < 4.78 is 5.66. The Balaban J connectivity index is 2.15. The fourth-order valence-electron chi connectivity index (χ4n) is 1.36. The van der Waals surface area contributed by atoms with Gasteiger partial charge in [-0.15, -0.1) is 0 Å². The van der Waals surface area contributed by atoms with Gasteiger partial charge in [-0.25, -0.2) is 4.98 Å². The minimum atomic E-state index is -0.184. The maximum Gasteiger partial charge on any atom is 0.153 e. The van der Waals surface area contributed by atoms with Gasteiger partial charge >= 0.3 is 0 Å². The molecule has 4 nitrogen and oxygen atoms in total. The molecule has 2 aromatic rings. The molecule has 1 atom stereocenters. The fourth-order valence-corrected chi connectivity index (χ4v) is 1.59. The molecule has 0 spiro atoms. The van der Waals surface area contributed by atoms with Crippen LogP contribution in [-0.4, -0.2) is 9.97 Å². The van der Waals surface area contributed by atoms with Gasteiger partial charge in [0.05, 0.1) is 5.02 Å². The summed E-state index contributed by atoms with van der Waals surface area (Å²) in [6, 6.07) is 5.15. The monoisotopic (exact) mass is 237 g/mol. The van der Waals surface area contributed by atoms with E-state index in [2.05, 4.69) is 9.97 Å². The summed E-state index contributed by atoms with van der Waals surface area (Å²) in [5, 5.41) is 0.499. The molecule has 0 saturated heterocycles. The number of hydrogen-bond donors (Lipinski definition) is 2. The Labute approximate surface area is 98.4 Å². The molecule has 0 aliphatic carbocycles. The SMILES string of the molecule is CC(Oc1ccc(N)cc1Cl)c1ncc[nH]1. The van der Waals surface area contributed by atoms with E-state index in [9.17, 15) is 0 Å². The highest BCUT2D eigenvalue weighted by Gasteiger charge is 2.11. The van der Waals surface area contributed by atoms with Crippen LogP contribution in [0.5, 0.6) is 5.75 Å². The number of aromatic nitrogens is 2. The average Bonchev–Trinajstić information content (AvgIpc) is 2.75. The van der Waals surface area contributed by atoms with Crippen LogP contribution in [0, 0.1) is 0 Å². The van der Waals surface area contributed by atoms with Crippen molar-refractivity contribution < 1.29 is 4.74 Å². The van der Waals surface area contributed by atoms with Gasteiger partial charge in [-0.3, -0.25) is 0 Å². The van der Waals surface area contributed by atoms with Crippen molar-refractivity contribution in [2.24, 2.45) is 0 Å². The van der Waals surface area contributed by atoms with Crippen molar-refractivity contribution in [2.75, 3.05) is 5.73 Å². The molecule has 1 aromatic carbocycles. The van der Waals surface area contributed by atoms with Gasteiger partial charge in [-0.1, -0.05) is 11.6 Å². The normalized spacial score (nSPS) is 12.4. The van der Waals surface area contributed by atoms with E-state index in [1.807, 2.05) is 6.92 Å². The molecule has 3 N–H and O–H groups in total. The minimum Gasteiger partial charge on any atom is -0.481 e. The molecule has 5 heteroatoms. The van der Waals surface area contributed by atoms with Crippen LogP contribution in [-0.2, 0) is 0 Å². The molecular weight excluding hydrogens is 226 g/mol. The van der Waals surface area contributed by atoms with Crippen LogP contribution in [0.15, 0.2) is 30.6 Å². The van der Waals surface area contributed by atoms with Crippen LogP contribution in [0.3, 0.4) is 0 Å². The summed E-state index contributed by atoms with van der Waals surface area (Å²) in [7, 11) is 0. The molecule has 0 radical (unpaired) electrons. The van der Waals surface area contributed by atoms with Crippen molar-refractivity contribution in [1.82, 2.24) is 9.97 Å². The van der Waals surface area contributed by atoms with E-state index in [0.717, 1.165) is 5.82 Å². The van der Waals surface area contributed by atoms with E-state index in [4.69, 9.17) is 22.1 Å². The number of nitrogen functional groups attached to an aromatic ring is 1. The van der Waals surface area contributed by atoms with Gasteiger partial charge in [0.1, 0.15) is 11.6 Å². The summed E-state index contributed by atoms with van der Waals surface area (Å²) >= 11 is 6.00. The minimum absolute atomic E-state index is 0.184. The first kappa shape index (κ1) is 10.8. The summed E-state index contributed by atoms with van der Waals surface area (Å²) in [4.78, 5) is 7.10. The lowest BCUT2D eigenvalue weighted by Crippen LogP contribution is -2.05. The van der Waals surface area contributed by atoms with E-state index in [1.165, 1.54) is 0 Å². The number of H-pyrrole nitrogens is 1. The zero-order valence-electron chi connectivity index (χ0n) is 8.77. The number of rotatable bonds is 3. The first-order valence-corrected chi connectivity index (χ1v) is 5.25. The number of hydrogen-bond acceptors (Lipinski definition) is 3. The summed E-state index contributed by atoms with van der Waals surface area (Å²) in [6.45, 7) is 1.89. The van der Waals surface area contributed by atoms with Gasteiger partial charge in [0.15, 0.2) is 6.10 Å². The second kappa shape index (κ2) is 4.45. The molecule has 1 aromatic heterocycles. The van der Waals surface area contributed by atoms with Gasteiger partial charge in [0, 0.05) is 18.1 Å². The number of nitrogens with two attached hydrogens (primary N) is 1. The van der Waals surface area contributed by atoms with Crippen LogP contribution < -0.4 is 10.5 Å². The Morgan fingerprint density at radius 3 is 2.94 bits per heavy atom. The first-order chi connectivity index (χ1) is 7.66. The molecule has 84 valence electrons. The standard InChI is InChI=1S/C11H12ClN3O/c1-7(11-14-4-5-15-11)16-10-3-2-8(13)6-9(10)12/h2-7H,13H2,1H3,(H,14,15). The Hall–Kier alpha value is -1.68. The third kappa shape index (κ3) is 2.28. The number of imidazole rings is 1. The fraction of sp³-hybridized carbons (Fsp3) is 0.182.